The molecule has 1 atom stereocenters. The number of nitrogens with zero attached hydrogens (tertiary/aromatic N) is 2. The summed E-state index contributed by atoms with van der Waals surface area (Å²) in [6.45, 7) is 1.40. The summed E-state index contributed by atoms with van der Waals surface area (Å²) in [6, 6.07) is -1.12. The number of nitrogens with two attached hydrogens (primary N) is 1. The molecule has 4 N–H and O–H groups in total. The van der Waals surface area contributed by atoms with Crippen LogP contribution < -0.4 is 22.3 Å². The summed E-state index contributed by atoms with van der Waals surface area (Å²) in [6.07, 6.45) is -2.23. The summed E-state index contributed by atoms with van der Waals surface area (Å²) in [5.41, 5.74) is 3.45. The fourth-order valence-electron chi connectivity index (χ4n) is 2.33. The van der Waals surface area contributed by atoms with E-state index in [0.717, 1.165) is 18.7 Å². The zero-order valence-corrected chi connectivity index (χ0v) is 13.9. The number of aromatic nitrogens is 3. The second-order valence-corrected chi connectivity index (χ2v) is 5.66. The van der Waals surface area contributed by atoms with E-state index in [0.29, 0.717) is 13.0 Å². The number of carbonyl (C=O) groups excluding carboxylic acids is 1. The lowest BCUT2D eigenvalue weighted by atomic mass is 10.2. The normalized spacial score (nSPS) is 13.0. The maximum atomic E-state index is 12.7. The van der Waals surface area contributed by atoms with Gasteiger partial charge in [-0.05, 0) is 12.5 Å². The molecule has 0 radical (unpaired) electrons. The molecule has 0 saturated heterocycles. The first-order valence-electron chi connectivity index (χ1n) is 7.89. The third-order valence-corrected chi connectivity index (χ3v) is 3.77. The molecule has 0 fully saturated rings. The molecule has 0 saturated carbocycles. The quantitative estimate of drug-likeness (QED) is 0.681. The van der Waals surface area contributed by atoms with Crippen LogP contribution in [-0.2, 0) is 6.54 Å². The lowest BCUT2D eigenvalue weighted by Gasteiger charge is -2.19. The highest BCUT2D eigenvalue weighted by Gasteiger charge is 2.39. The summed E-state index contributed by atoms with van der Waals surface area (Å²) in [7, 11) is 0. The van der Waals surface area contributed by atoms with Crippen molar-refractivity contribution >= 4 is 16.9 Å². The van der Waals surface area contributed by atoms with E-state index in [2.05, 4.69) is 9.97 Å². The molecule has 2 rings (SSSR count). The Morgan fingerprint density at radius 1 is 1.42 bits per heavy atom. The number of nitrogens with one attached hydrogen (secondary N) is 2. The van der Waals surface area contributed by atoms with E-state index in [1.165, 1.54) is 4.57 Å². The lowest BCUT2D eigenvalue weighted by Crippen LogP contribution is -2.50. The molecular formula is C15H18F3N5O3. The first-order chi connectivity index (χ1) is 12.2. The Morgan fingerprint density at radius 3 is 2.69 bits per heavy atom. The number of alkyl halides is 3. The first kappa shape index (κ1) is 19.6. The van der Waals surface area contributed by atoms with Gasteiger partial charge < -0.3 is 11.1 Å². The smallest absolute Gasteiger partial charge is 0.339 e. The minimum atomic E-state index is -4.70. The lowest BCUT2D eigenvalue weighted by molar-refractivity contribution is -0.150. The average Bonchev–Trinajstić information content (AvgIpc) is 2.58. The Morgan fingerprint density at radius 2 is 2.12 bits per heavy atom. The number of unbranched alkanes of at least 4 members (excludes halogenated alkanes) is 1. The fourth-order valence-corrected chi connectivity index (χ4v) is 2.33. The van der Waals surface area contributed by atoms with Crippen LogP contribution in [0.15, 0.2) is 21.9 Å². The molecule has 142 valence electrons. The Balaban J connectivity index is 2.44. The van der Waals surface area contributed by atoms with Crippen molar-refractivity contribution in [2.75, 3.05) is 6.54 Å². The molecule has 0 aliphatic carbocycles. The Labute approximate surface area is 145 Å². The minimum absolute atomic E-state index is 0.0648. The van der Waals surface area contributed by atoms with Gasteiger partial charge in [-0.3, -0.25) is 19.1 Å². The zero-order valence-electron chi connectivity index (χ0n) is 13.9. The van der Waals surface area contributed by atoms with Crippen LogP contribution >= 0.6 is 0 Å². The van der Waals surface area contributed by atoms with Crippen LogP contribution in [0.2, 0.25) is 0 Å². The van der Waals surface area contributed by atoms with Crippen molar-refractivity contribution in [2.45, 2.75) is 38.5 Å². The van der Waals surface area contributed by atoms with Crippen LogP contribution in [-0.4, -0.2) is 39.2 Å². The van der Waals surface area contributed by atoms with Crippen LogP contribution in [0, 0.1) is 0 Å². The highest BCUT2D eigenvalue weighted by molar-refractivity contribution is 5.96. The number of fused-ring (bicyclic) bond motifs is 1. The molecule has 26 heavy (non-hydrogen) atoms. The predicted molar refractivity (Wildman–Crippen MR) is 87.9 cm³/mol. The van der Waals surface area contributed by atoms with E-state index in [1.807, 2.05) is 6.92 Å². The number of carbonyl (C=O) groups is 1. The van der Waals surface area contributed by atoms with Crippen molar-refractivity contribution in [1.29, 1.82) is 0 Å². The topological polar surface area (TPSA) is 123 Å². The second kappa shape index (κ2) is 7.68. The average molecular weight is 373 g/mol. The number of rotatable bonds is 6. The van der Waals surface area contributed by atoms with Crippen LogP contribution in [0.25, 0.3) is 11.0 Å². The SMILES string of the molecule is CCCCn1c(=O)[nH]c(=O)c2cc(C(=O)NC(CN)C(F)(F)F)cnc21. The monoisotopic (exact) mass is 373 g/mol. The third-order valence-electron chi connectivity index (χ3n) is 3.77. The molecule has 0 spiro atoms. The van der Waals surface area contributed by atoms with Crippen LogP contribution in [0.1, 0.15) is 30.1 Å². The number of pyridine rings is 1. The van der Waals surface area contributed by atoms with Gasteiger partial charge in [0.2, 0.25) is 0 Å². The van der Waals surface area contributed by atoms with Crippen molar-refractivity contribution in [3.8, 4) is 0 Å². The number of hydrogen-bond donors (Lipinski definition) is 3. The van der Waals surface area contributed by atoms with Gasteiger partial charge in [0.05, 0.1) is 10.9 Å². The predicted octanol–water partition coefficient (Wildman–Crippen LogP) is 0.504. The number of hydrogen-bond acceptors (Lipinski definition) is 5. The van der Waals surface area contributed by atoms with Gasteiger partial charge in [0, 0.05) is 19.3 Å². The van der Waals surface area contributed by atoms with Gasteiger partial charge in [-0.2, -0.15) is 13.2 Å². The van der Waals surface area contributed by atoms with Gasteiger partial charge in [-0.25, -0.2) is 9.78 Å². The van der Waals surface area contributed by atoms with Gasteiger partial charge in [-0.15, -0.1) is 0 Å². The molecule has 0 aliphatic heterocycles. The third kappa shape index (κ3) is 4.10. The van der Waals surface area contributed by atoms with E-state index in [9.17, 15) is 27.6 Å². The molecule has 0 aliphatic rings. The summed E-state index contributed by atoms with van der Waals surface area (Å²) in [5, 5.41) is 1.69. The Hall–Kier alpha value is -2.69. The van der Waals surface area contributed by atoms with Crippen molar-refractivity contribution in [3.63, 3.8) is 0 Å². The van der Waals surface area contributed by atoms with Crippen LogP contribution in [0.4, 0.5) is 13.2 Å². The zero-order chi connectivity index (χ0) is 19.5. The number of halogens is 3. The summed E-state index contributed by atoms with van der Waals surface area (Å²) >= 11 is 0. The second-order valence-electron chi connectivity index (χ2n) is 5.66. The number of H-pyrrole nitrogens is 1. The maximum absolute atomic E-state index is 12.7. The Kier molecular flexibility index (Phi) is 5.80. The fraction of sp³-hybridized carbons (Fsp3) is 0.467. The molecule has 8 nitrogen and oxygen atoms in total. The molecule has 1 unspecified atom stereocenters. The standard InChI is InChI=1S/C15H18F3N5O3/c1-2-3-4-23-11-9(13(25)22-14(23)26)5-8(7-20-11)12(24)21-10(6-19)15(16,17)18/h5,7,10H,2-4,6,19H2,1H3,(H,21,24)(H,22,25,26). The molecule has 11 heteroatoms. The van der Waals surface area contributed by atoms with E-state index in [-0.39, 0.29) is 16.6 Å². The molecule has 2 heterocycles. The molecule has 2 aromatic rings. The van der Waals surface area contributed by atoms with Crippen molar-refractivity contribution in [2.24, 2.45) is 5.73 Å². The number of aromatic amines is 1. The van der Waals surface area contributed by atoms with E-state index in [1.54, 1.807) is 5.32 Å². The first-order valence-corrected chi connectivity index (χ1v) is 7.89. The van der Waals surface area contributed by atoms with Gasteiger partial charge in [0.1, 0.15) is 11.7 Å². The summed E-state index contributed by atoms with van der Waals surface area (Å²) in [5.74, 6) is -1.07. The van der Waals surface area contributed by atoms with Crippen molar-refractivity contribution < 1.29 is 18.0 Å². The molecule has 2 aromatic heterocycles. The van der Waals surface area contributed by atoms with Gasteiger partial charge >= 0.3 is 11.9 Å². The summed E-state index contributed by atoms with van der Waals surface area (Å²) in [4.78, 5) is 42.0. The van der Waals surface area contributed by atoms with Gasteiger partial charge in [0.15, 0.2) is 0 Å². The molecule has 1 amide bonds. The highest BCUT2D eigenvalue weighted by Crippen LogP contribution is 2.20. The van der Waals surface area contributed by atoms with Gasteiger partial charge in [0.25, 0.3) is 11.5 Å². The number of aryl methyl sites for hydroxylation is 1. The number of amides is 1. The maximum Gasteiger partial charge on any atom is 0.409 e. The largest absolute Gasteiger partial charge is 0.409 e. The van der Waals surface area contributed by atoms with Crippen LogP contribution in [0.3, 0.4) is 0 Å². The van der Waals surface area contributed by atoms with Crippen LogP contribution in [0.5, 0.6) is 0 Å². The van der Waals surface area contributed by atoms with Gasteiger partial charge in [-0.1, -0.05) is 13.3 Å². The van der Waals surface area contributed by atoms with Crippen molar-refractivity contribution in [3.05, 3.63) is 38.7 Å². The summed E-state index contributed by atoms with van der Waals surface area (Å²) < 4.78 is 39.4. The molecule has 0 aromatic carbocycles. The Bertz CT molecular complexity index is 919. The minimum Gasteiger partial charge on any atom is -0.339 e. The highest BCUT2D eigenvalue weighted by atomic mass is 19.4. The van der Waals surface area contributed by atoms with E-state index < -0.39 is 35.9 Å². The molecule has 0 bridgehead atoms. The molecular weight excluding hydrogens is 355 g/mol. The van der Waals surface area contributed by atoms with E-state index in [4.69, 9.17) is 5.73 Å². The van der Waals surface area contributed by atoms with Crippen molar-refractivity contribution in [1.82, 2.24) is 19.9 Å². The van der Waals surface area contributed by atoms with E-state index >= 15 is 0 Å².